The average molecular weight is 272 g/mol. The minimum absolute atomic E-state index is 0.174. The fourth-order valence-electron chi connectivity index (χ4n) is 2.57. The molecule has 1 amide bonds. The van der Waals surface area contributed by atoms with Gasteiger partial charge in [-0.1, -0.05) is 26.2 Å². The van der Waals surface area contributed by atoms with Gasteiger partial charge in [-0.2, -0.15) is 0 Å². The molecule has 3 unspecified atom stereocenters. The summed E-state index contributed by atoms with van der Waals surface area (Å²) < 4.78 is 0. The van der Waals surface area contributed by atoms with Gasteiger partial charge in [0.1, 0.15) is 6.04 Å². The van der Waals surface area contributed by atoms with Gasteiger partial charge in [0.2, 0.25) is 5.91 Å². The van der Waals surface area contributed by atoms with Gasteiger partial charge in [-0.3, -0.25) is 14.5 Å². The largest absolute Gasteiger partial charge is 0.480 e. The molecule has 0 bridgehead atoms. The predicted octanol–water partition coefficient (Wildman–Crippen LogP) is 0.549. The van der Waals surface area contributed by atoms with E-state index in [2.05, 4.69) is 12.2 Å². The lowest BCUT2D eigenvalue weighted by molar-refractivity contribution is -0.144. The van der Waals surface area contributed by atoms with Gasteiger partial charge in [0.05, 0.1) is 12.3 Å². The van der Waals surface area contributed by atoms with Crippen LogP contribution in [0.1, 0.15) is 46.0 Å². The minimum Gasteiger partial charge on any atom is -0.480 e. The van der Waals surface area contributed by atoms with E-state index in [-0.39, 0.29) is 18.5 Å². The number of unbranched alkanes of at least 4 members (excludes halogenated alkanes) is 2. The van der Waals surface area contributed by atoms with Gasteiger partial charge in [-0.25, -0.2) is 0 Å². The van der Waals surface area contributed by atoms with Crippen LogP contribution in [0.5, 0.6) is 0 Å². The molecule has 3 N–H and O–H groups in total. The smallest absolute Gasteiger partial charge is 0.321 e. The first-order valence-corrected chi connectivity index (χ1v) is 6.89. The number of carbonyl (C=O) groups excluding carboxylic acids is 1. The number of carboxylic acid groups (broad SMARTS) is 1. The summed E-state index contributed by atoms with van der Waals surface area (Å²) in [5.41, 5.74) is 0. The number of aliphatic hydroxyl groups excluding tert-OH is 1. The molecule has 0 aromatic heterocycles. The first-order chi connectivity index (χ1) is 8.95. The third-order valence-corrected chi connectivity index (χ3v) is 3.45. The highest BCUT2D eigenvalue weighted by molar-refractivity contribution is 5.75. The van der Waals surface area contributed by atoms with Crippen LogP contribution >= 0.6 is 0 Å². The van der Waals surface area contributed by atoms with Gasteiger partial charge in [0, 0.05) is 19.9 Å². The molecule has 0 aromatic carbocycles. The molecule has 6 nitrogen and oxygen atoms in total. The van der Waals surface area contributed by atoms with E-state index in [0.717, 1.165) is 19.3 Å². The molecule has 110 valence electrons. The van der Waals surface area contributed by atoms with Crippen molar-refractivity contribution in [2.24, 2.45) is 0 Å². The van der Waals surface area contributed by atoms with Crippen LogP contribution in [0.2, 0.25) is 0 Å². The van der Waals surface area contributed by atoms with E-state index in [4.69, 9.17) is 0 Å². The highest BCUT2D eigenvalue weighted by atomic mass is 16.4. The standard InChI is InChI=1S/C13H24N2O4/c1-3-4-5-6-12(14-9(2)16)15-8-10(17)7-11(15)13(18)19/h10-12,17H,3-8H2,1-2H3,(H,14,16)(H,18,19). The normalized spacial score (nSPS) is 25.2. The third kappa shape index (κ3) is 4.80. The Kier molecular flexibility index (Phi) is 6.24. The number of nitrogens with zero attached hydrogens (tertiary/aromatic N) is 1. The summed E-state index contributed by atoms with van der Waals surface area (Å²) in [4.78, 5) is 24.2. The topological polar surface area (TPSA) is 89.9 Å². The predicted molar refractivity (Wildman–Crippen MR) is 70.5 cm³/mol. The molecule has 0 saturated carbocycles. The number of nitrogens with one attached hydrogen (secondary N) is 1. The van der Waals surface area contributed by atoms with Crippen molar-refractivity contribution in [2.75, 3.05) is 6.54 Å². The quantitative estimate of drug-likeness (QED) is 0.589. The highest BCUT2D eigenvalue weighted by Crippen LogP contribution is 2.22. The summed E-state index contributed by atoms with van der Waals surface area (Å²) >= 11 is 0. The summed E-state index contributed by atoms with van der Waals surface area (Å²) in [7, 11) is 0. The molecular formula is C13H24N2O4. The van der Waals surface area contributed by atoms with Crippen molar-refractivity contribution in [2.45, 2.75) is 64.3 Å². The molecular weight excluding hydrogens is 248 g/mol. The van der Waals surface area contributed by atoms with Crippen LogP contribution in [-0.4, -0.2) is 51.8 Å². The number of hydrogen-bond donors (Lipinski definition) is 3. The number of amides is 1. The number of carboxylic acids is 1. The van der Waals surface area contributed by atoms with E-state index in [1.807, 2.05) is 0 Å². The van der Waals surface area contributed by atoms with Gasteiger partial charge in [-0.15, -0.1) is 0 Å². The second-order valence-electron chi connectivity index (χ2n) is 5.15. The Balaban J connectivity index is 2.70. The van der Waals surface area contributed by atoms with Gasteiger partial charge in [-0.05, 0) is 6.42 Å². The number of aliphatic carboxylic acids is 1. The van der Waals surface area contributed by atoms with E-state index in [1.54, 1.807) is 4.90 Å². The summed E-state index contributed by atoms with van der Waals surface area (Å²) in [5, 5.41) is 21.6. The number of likely N-dealkylation sites (tertiary alicyclic amines) is 1. The molecule has 1 aliphatic rings. The van der Waals surface area contributed by atoms with Crippen LogP contribution in [0.4, 0.5) is 0 Å². The van der Waals surface area contributed by atoms with Crippen LogP contribution in [0.25, 0.3) is 0 Å². The lowest BCUT2D eigenvalue weighted by Crippen LogP contribution is -2.52. The summed E-state index contributed by atoms with van der Waals surface area (Å²) in [6.07, 6.45) is 3.04. The van der Waals surface area contributed by atoms with Gasteiger partial charge < -0.3 is 15.5 Å². The van der Waals surface area contributed by atoms with Crippen LogP contribution in [0.15, 0.2) is 0 Å². The molecule has 0 aliphatic carbocycles. The van der Waals surface area contributed by atoms with E-state index in [0.29, 0.717) is 13.0 Å². The van der Waals surface area contributed by atoms with Crippen molar-refractivity contribution in [3.63, 3.8) is 0 Å². The second kappa shape index (κ2) is 7.45. The van der Waals surface area contributed by atoms with Crippen molar-refractivity contribution >= 4 is 11.9 Å². The maximum atomic E-state index is 11.3. The second-order valence-corrected chi connectivity index (χ2v) is 5.15. The number of carbonyl (C=O) groups is 2. The fourth-order valence-corrected chi connectivity index (χ4v) is 2.57. The molecule has 0 radical (unpaired) electrons. The molecule has 0 aromatic rings. The number of aliphatic hydroxyl groups is 1. The van der Waals surface area contributed by atoms with E-state index in [1.165, 1.54) is 6.92 Å². The number of hydrogen-bond acceptors (Lipinski definition) is 4. The Morgan fingerprint density at radius 3 is 2.63 bits per heavy atom. The summed E-state index contributed by atoms with van der Waals surface area (Å²) in [6.45, 7) is 3.82. The Bertz CT molecular complexity index is 322. The average Bonchev–Trinajstić information content (AvgIpc) is 2.70. The monoisotopic (exact) mass is 272 g/mol. The zero-order valence-electron chi connectivity index (χ0n) is 11.6. The van der Waals surface area contributed by atoms with Crippen molar-refractivity contribution in [3.05, 3.63) is 0 Å². The zero-order chi connectivity index (χ0) is 14.4. The van der Waals surface area contributed by atoms with Crippen molar-refractivity contribution in [1.29, 1.82) is 0 Å². The summed E-state index contributed by atoms with van der Waals surface area (Å²) in [6, 6.07) is -0.714. The summed E-state index contributed by atoms with van der Waals surface area (Å²) in [5.74, 6) is -1.12. The Morgan fingerprint density at radius 2 is 2.11 bits per heavy atom. The Hall–Kier alpha value is -1.14. The molecule has 0 spiro atoms. The SMILES string of the molecule is CCCCCC(NC(C)=O)N1CC(O)CC1C(=O)O. The van der Waals surface area contributed by atoms with E-state index < -0.39 is 18.1 Å². The van der Waals surface area contributed by atoms with Crippen molar-refractivity contribution in [1.82, 2.24) is 10.2 Å². The molecule has 3 atom stereocenters. The Labute approximate surface area is 113 Å². The molecule has 1 heterocycles. The van der Waals surface area contributed by atoms with Gasteiger partial charge in [0.15, 0.2) is 0 Å². The molecule has 1 rings (SSSR count). The maximum Gasteiger partial charge on any atom is 0.321 e. The Morgan fingerprint density at radius 1 is 1.42 bits per heavy atom. The minimum atomic E-state index is -0.942. The molecule has 1 fully saturated rings. The van der Waals surface area contributed by atoms with Crippen molar-refractivity contribution in [3.8, 4) is 0 Å². The van der Waals surface area contributed by atoms with Crippen molar-refractivity contribution < 1.29 is 19.8 Å². The first-order valence-electron chi connectivity index (χ1n) is 6.89. The van der Waals surface area contributed by atoms with Crippen LogP contribution in [0, 0.1) is 0 Å². The molecule has 6 heteroatoms. The number of rotatable bonds is 7. The third-order valence-electron chi connectivity index (χ3n) is 3.45. The van der Waals surface area contributed by atoms with E-state index >= 15 is 0 Å². The van der Waals surface area contributed by atoms with Gasteiger partial charge >= 0.3 is 5.97 Å². The highest BCUT2D eigenvalue weighted by Gasteiger charge is 2.39. The first kappa shape index (κ1) is 15.9. The zero-order valence-corrected chi connectivity index (χ0v) is 11.6. The van der Waals surface area contributed by atoms with Gasteiger partial charge in [0.25, 0.3) is 0 Å². The molecule has 1 aliphatic heterocycles. The molecule has 1 saturated heterocycles. The number of β-amino-alcohol motifs (C(OH)–C–C–N with tert-alkyl or cyclic N) is 1. The lowest BCUT2D eigenvalue weighted by Gasteiger charge is -2.31. The van der Waals surface area contributed by atoms with Crippen LogP contribution < -0.4 is 5.32 Å². The fraction of sp³-hybridized carbons (Fsp3) is 0.846. The lowest BCUT2D eigenvalue weighted by atomic mass is 10.1. The van der Waals surface area contributed by atoms with Crippen LogP contribution in [-0.2, 0) is 9.59 Å². The van der Waals surface area contributed by atoms with E-state index in [9.17, 15) is 19.8 Å². The molecule has 19 heavy (non-hydrogen) atoms. The maximum absolute atomic E-state index is 11.3. The van der Waals surface area contributed by atoms with Crippen LogP contribution in [0.3, 0.4) is 0 Å².